The van der Waals surface area contributed by atoms with E-state index >= 15 is 0 Å². The van der Waals surface area contributed by atoms with Crippen molar-refractivity contribution in [2.75, 3.05) is 6.61 Å². The lowest BCUT2D eigenvalue weighted by atomic mass is 9.98. The molecule has 0 bridgehead atoms. The Morgan fingerprint density at radius 2 is 1.86 bits per heavy atom. The maximum absolute atomic E-state index is 13.0. The van der Waals surface area contributed by atoms with Crippen molar-refractivity contribution in [1.29, 1.82) is 0 Å². The van der Waals surface area contributed by atoms with E-state index in [9.17, 15) is 9.59 Å². The molecule has 2 aromatic heterocycles. The second-order valence-corrected chi connectivity index (χ2v) is 9.99. The molecular weight excluding hydrogens is 488 g/mol. The number of H-pyrrole nitrogens is 1. The van der Waals surface area contributed by atoms with Gasteiger partial charge >= 0.3 is 5.97 Å². The minimum atomic E-state index is -0.381. The number of hydrogen-bond donors (Lipinski definition) is 1. The Balaban J connectivity index is 1.52. The van der Waals surface area contributed by atoms with Crippen molar-refractivity contribution in [3.8, 4) is 22.5 Å². The average Bonchev–Trinajstić information content (AvgIpc) is 3.52. The van der Waals surface area contributed by atoms with Gasteiger partial charge < -0.3 is 9.30 Å². The molecule has 37 heavy (non-hydrogen) atoms. The molecule has 1 N–H and O–H groups in total. The molecule has 1 aliphatic carbocycles. The van der Waals surface area contributed by atoms with E-state index in [4.69, 9.17) is 4.74 Å². The highest BCUT2D eigenvalue weighted by Gasteiger charge is 2.30. The first-order valence-corrected chi connectivity index (χ1v) is 13.3. The number of ether oxygens (including phenoxy) is 1. The molecule has 0 unspecified atom stereocenters. The number of carbonyl (C=O) groups is 2. The van der Waals surface area contributed by atoms with Crippen LogP contribution in [0.25, 0.3) is 22.5 Å². The number of aryl methyl sites for hydroxylation is 1. The quantitative estimate of drug-likeness (QED) is 0.330. The highest BCUT2D eigenvalue weighted by atomic mass is 32.1. The zero-order valence-electron chi connectivity index (χ0n) is 20.8. The Kier molecular flexibility index (Phi) is 7.36. The van der Waals surface area contributed by atoms with E-state index in [1.165, 1.54) is 11.3 Å². The van der Waals surface area contributed by atoms with Crippen molar-refractivity contribution in [2.24, 2.45) is 10.9 Å². The number of aromatic amines is 1. The number of nitrogens with one attached hydrogen (secondary N) is 1. The second-order valence-electron chi connectivity index (χ2n) is 8.93. The molecular formula is C27H28N6O3S. The Morgan fingerprint density at radius 1 is 1.11 bits per heavy atom. The molecule has 0 aliphatic heterocycles. The van der Waals surface area contributed by atoms with E-state index < -0.39 is 0 Å². The topological polar surface area (TPSA) is 115 Å². The predicted molar refractivity (Wildman–Crippen MR) is 140 cm³/mol. The number of benzene rings is 2. The van der Waals surface area contributed by atoms with Crippen molar-refractivity contribution >= 4 is 23.2 Å². The van der Waals surface area contributed by atoms with Gasteiger partial charge in [0, 0.05) is 16.4 Å². The summed E-state index contributed by atoms with van der Waals surface area (Å²) in [6.45, 7) is 4.54. The molecule has 5 rings (SSSR count). The SMILES string of the molecule is CCCc1sc(=NC(=O)C2CC2)n(Cc2ccc(-c3ccccc3-c3nnn[nH]3)cc2)c1C(=O)OCC. The summed E-state index contributed by atoms with van der Waals surface area (Å²) < 4.78 is 7.24. The number of aromatic nitrogens is 5. The summed E-state index contributed by atoms with van der Waals surface area (Å²) in [5.74, 6) is 0.119. The van der Waals surface area contributed by atoms with Gasteiger partial charge in [-0.05, 0) is 53.3 Å². The average molecular weight is 517 g/mol. The molecule has 190 valence electrons. The third-order valence-corrected chi connectivity index (χ3v) is 7.33. The summed E-state index contributed by atoms with van der Waals surface area (Å²) >= 11 is 1.41. The van der Waals surface area contributed by atoms with Crippen molar-refractivity contribution in [1.82, 2.24) is 25.2 Å². The van der Waals surface area contributed by atoms with Gasteiger partial charge in [0.1, 0.15) is 5.69 Å². The van der Waals surface area contributed by atoms with Gasteiger partial charge in [-0.3, -0.25) is 4.79 Å². The van der Waals surface area contributed by atoms with Crippen LogP contribution in [0, 0.1) is 5.92 Å². The number of amides is 1. The predicted octanol–water partition coefficient (Wildman–Crippen LogP) is 4.41. The molecule has 10 heteroatoms. The van der Waals surface area contributed by atoms with Gasteiger partial charge in [0.25, 0.3) is 5.91 Å². The Morgan fingerprint density at radius 3 is 2.51 bits per heavy atom. The number of hydrogen-bond acceptors (Lipinski definition) is 7. The van der Waals surface area contributed by atoms with E-state index in [1.54, 1.807) is 6.92 Å². The molecule has 2 aromatic carbocycles. The largest absolute Gasteiger partial charge is 0.461 e. The summed E-state index contributed by atoms with van der Waals surface area (Å²) in [6.07, 6.45) is 3.36. The molecule has 0 radical (unpaired) electrons. The normalized spacial score (nSPS) is 13.6. The van der Waals surface area contributed by atoms with Crippen molar-refractivity contribution in [3.63, 3.8) is 0 Å². The van der Waals surface area contributed by atoms with E-state index in [2.05, 4.69) is 32.5 Å². The summed E-state index contributed by atoms with van der Waals surface area (Å²) in [5, 5.41) is 14.3. The van der Waals surface area contributed by atoms with E-state index in [1.807, 2.05) is 53.1 Å². The molecule has 9 nitrogen and oxygen atoms in total. The minimum Gasteiger partial charge on any atom is -0.461 e. The maximum Gasteiger partial charge on any atom is 0.356 e. The lowest BCUT2D eigenvalue weighted by Crippen LogP contribution is -2.24. The molecule has 0 spiro atoms. The fourth-order valence-electron chi connectivity index (χ4n) is 4.21. The first kappa shape index (κ1) is 24.8. The Bertz CT molecular complexity index is 1470. The van der Waals surface area contributed by atoms with E-state index in [-0.39, 0.29) is 24.4 Å². The molecule has 1 aliphatic rings. The van der Waals surface area contributed by atoms with Crippen LogP contribution < -0.4 is 4.80 Å². The summed E-state index contributed by atoms with van der Waals surface area (Å²) in [6, 6.07) is 16.0. The first-order valence-electron chi connectivity index (χ1n) is 12.5. The van der Waals surface area contributed by atoms with Crippen LogP contribution in [0.4, 0.5) is 0 Å². The smallest absolute Gasteiger partial charge is 0.356 e. The van der Waals surface area contributed by atoms with E-state index in [0.717, 1.165) is 52.8 Å². The summed E-state index contributed by atoms with van der Waals surface area (Å²) in [4.78, 5) is 31.5. The van der Waals surface area contributed by atoms with Gasteiger partial charge in [-0.25, -0.2) is 9.89 Å². The van der Waals surface area contributed by atoms with Gasteiger partial charge in [0.05, 0.1) is 13.2 Å². The number of thiazole rings is 1. The van der Waals surface area contributed by atoms with Gasteiger partial charge in [-0.15, -0.1) is 16.4 Å². The number of carbonyl (C=O) groups excluding carboxylic acids is 2. The molecule has 1 amide bonds. The molecule has 1 saturated carbocycles. The maximum atomic E-state index is 13.0. The van der Waals surface area contributed by atoms with Gasteiger partial charge in [-0.1, -0.05) is 61.9 Å². The lowest BCUT2D eigenvalue weighted by molar-refractivity contribution is -0.119. The number of tetrazole rings is 1. The fourth-order valence-corrected chi connectivity index (χ4v) is 5.43. The Labute approximate surface area is 218 Å². The van der Waals surface area contributed by atoms with E-state index in [0.29, 0.717) is 22.9 Å². The highest BCUT2D eigenvalue weighted by Crippen LogP contribution is 2.31. The van der Waals surface area contributed by atoms with Crippen LogP contribution in [0.3, 0.4) is 0 Å². The summed E-state index contributed by atoms with van der Waals surface area (Å²) in [7, 11) is 0. The van der Waals surface area contributed by atoms with Crippen molar-refractivity contribution < 1.29 is 14.3 Å². The van der Waals surface area contributed by atoms with Crippen LogP contribution in [-0.2, 0) is 22.5 Å². The third kappa shape index (κ3) is 5.43. The Hall–Kier alpha value is -3.92. The number of esters is 1. The fraction of sp³-hybridized carbons (Fsp3) is 0.333. The highest BCUT2D eigenvalue weighted by molar-refractivity contribution is 7.09. The third-order valence-electron chi connectivity index (χ3n) is 6.19. The lowest BCUT2D eigenvalue weighted by Gasteiger charge is -2.12. The van der Waals surface area contributed by atoms with Crippen LogP contribution in [0.2, 0.25) is 0 Å². The van der Waals surface area contributed by atoms with Crippen LogP contribution in [0.1, 0.15) is 54.0 Å². The van der Waals surface area contributed by atoms with Crippen LogP contribution in [-0.4, -0.2) is 43.7 Å². The monoisotopic (exact) mass is 516 g/mol. The molecule has 4 aromatic rings. The number of nitrogens with zero attached hydrogens (tertiary/aromatic N) is 5. The van der Waals surface area contributed by atoms with Crippen LogP contribution in [0.15, 0.2) is 53.5 Å². The minimum absolute atomic E-state index is 0.00938. The van der Waals surface area contributed by atoms with Crippen molar-refractivity contribution in [3.05, 3.63) is 69.5 Å². The van der Waals surface area contributed by atoms with Gasteiger partial charge in [0.15, 0.2) is 10.6 Å². The molecule has 0 saturated heterocycles. The zero-order chi connectivity index (χ0) is 25.8. The molecule has 2 heterocycles. The second kappa shape index (κ2) is 11.0. The van der Waals surface area contributed by atoms with Crippen LogP contribution in [0.5, 0.6) is 0 Å². The molecule has 0 atom stereocenters. The molecule has 1 fully saturated rings. The van der Waals surface area contributed by atoms with Gasteiger partial charge in [-0.2, -0.15) is 4.99 Å². The number of rotatable bonds is 9. The van der Waals surface area contributed by atoms with Crippen LogP contribution >= 0.6 is 11.3 Å². The first-order chi connectivity index (χ1) is 18.1. The summed E-state index contributed by atoms with van der Waals surface area (Å²) in [5.41, 5.74) is 4.38. The van der Waals surface area contributed by atoms with Crippen molar-refractivity contribution in [2.45, 2.75) is 46.1 Å². The standard InChI is InChI=1S/C27H28N6O3S/c1-3-7-22-23(26(35)36-4-2)33(27(37-22)28-25(34)19-14-15-19)16-17-10-12-18(13-11-17)20-8-5-6-9-21(20)24-29-31-32-30-24/h5-6,8-13,19H,3-4,7,14-16H2,1-2H3,(H,29,30,31,32). The zero-order valence-corrected chi connectivity index (χ0v) is 21.6. The van der Waals surface area contributed by atoms with Gasteiger partial charge in [0.2, 0.25) is 0 Å².